The van der Waals surface area contributed by atoms with E-state index in [0.717, 1.165) is 24.3 Å². The van der Waals surface area contributed by atoms with Crippen LogP contribution in [0, 0.1) is 0 Å². The van der Waals surface area contributed by atoms with Crippen LogP contribution in [-0.2, 0) is 4.79 Å². The lowest BCUT2D eigenvalue weighted by Crippen LogP contribution is -2.49. The molecular formula is C10H18N2O3S. The summed E-state index contributed by atoms with van der Waals surface area (Å²) < 4.78 is 0. The smallest absolute Gasteiger partial charge is 0.326 e. The maximum atomic E-state index is 11.5. The molecule has 2 atom stereocenters. The molecular weight excluding hydrogens is 228 g/mol. The van der Waals surface area contributed by atoms with E-state index >= 15 is 0 Å². The summed E-state index contributed by atoms with van der Waals surface area (Å²) in [6, 6.07) is -0.997. The Bertz CT molecular complexity index is 254. The summed E-state index contributed by atoms with van der Waals surface area (Å²) in [6.07, 6.45) is 2.47. The van der Waals surface area contributed by atoms with Gasteiger partial charge in [-0.1, -0.05) is 6.92 Å². The van der Waals surface area contributed by atoms with Crippen molar-refractivity contribution in [3.8, 4) is 0 Å². The molecule has 1 fully saturated rings. The summed E-state index contributed by atoms with van der Waals surface area (Å²) in [5, 5.41) is 14.0. The zero-order chi connectivity index (χ0) is 12.0. The fourth-order valence-corrected chi connectivity index (χ4v) is 2.65. The average Bonchev–Trinajstić information content (AvgIpc) is 2.27. The molecule has 2 amide bonds. The Morgan fingerprint density at radius 1 is 1.56 bits per heavy atom. The van der Waals surface area contributed by atoms with E-state index in [2.05, 4.69) is 10.6 Å². The molecule has 5 nitrogen and oxygen atoms in total. The highest BCUT2D eigenvalue weighted by atomic mass is 32.2. The Morgan fingerprint density at radius 3 is 2.81 bits per heavy atom. The van der Waals surface area contributed by atoms with E-state index in [-0.39, 0.29) is 12.1 Å². The molecule has 0 aliphatic carbocycles. The summed E-state index contributed by atoms with van der Waals surface area (Å²) >= 11 is 1.82. The quantitative estimate of drug-likeness (QED) is 0.692. The third-order valence-electron chi connectivity index (χ3n) is 2.51. The second-order valence-corrected chi connectivity index (χ2v) is 4.98. The van der Waals surface area contributed by atoms with Gasteiger partial charge in [-0.2, -0.15) is 11.8 Å². The van der Waals surface area contributed by atoms with Crippen LogP contribution in [0.1, 0.15) is 26.2 Å². The normalized spacial score (nSPS) is 22.2. The van der Waals surface area contributed by atoms with Crippen molar-refractivity contribution in [2.75, 3.05) is 11.5 Å². The van der Waals surface area contributed by atoms with Gasteiger partial charge in [0.15, 0.2) is 0 Å². The number of rotatable bonds is 4. The predicted molar refractivity (Wildman–Crippen MR) is 63.7 cm³/mol. The van der Waals surface area contributed by atoms with Gasteiger partial charge in [-0.15, -0.1) is 0 Å². The maximum Gasteiger partial charge on any atom is 0.326 e. The molecule has 0 saturated carbocycles. The average molecular weight is 246 g/mol. The summed E-state index contributed by atoms with van der Waals surface area (Å²) in [7, 11) is 0. The molecule has 1 aliphatic rings. The first-order valence-electron chi connectivity index (χ1n) is 5.51. The van der Waals surface area contributed by atoms with Crippen LogP contribution >= 0.6 is 11.8 Å². The number of nitrogens with one attached hydrogen (secondary N) is 2. The summed E-state index contributed by atoms with van der Waals surface area (Å²) in [5.41, 5.74) is 0. The van der Waals surface area contributed by atoms with Crippen molar-refractivity contribution in [3.05, 3.63) is 0 Å². The molecule has 6 heteroatoms. The van der Waals surface area contributed by atoms with Crippen molar-refractivity contribution in [1.29, 1.82) is 0 Å². The van der Waals surface area contributed by atoms with Gasteiger partial charge in [0.1, 0.15) is 6.04 Å². The molecule has 92 valence electrons. The summed E-state index contributed by atoms with van der Waals surface area (Å²) in [6.45, 7) is 1.73. The van der Waals surface area contributed by atoms with Gasteiger partial charge in [0.2, 0.25) is 0 Å². The lowest BCUT2D eigenvalue weighted by Gasteiger charge is -2.23. The van der Waals surface area contributed by atoms with Crippen LogP contribution in [0.5, 0.6) is 0 Å². The Kier molecular flexibility index (Phi) is 5.45. The van der Waals surface area contributed by atoms with Crippen LogP contribution < -0.4 is 10.6 Å². The van der Waals surface area contributed by atoms with E-state index in [0.29, 0.717) is 6.42 Å². The summed E-state index contributed by atoms with van der Waals surface area (Å²) in [4.78, 5) is 22.2. The van der Waals surface area contributed by atoms with Gasteiger partial charge < -0.3 is 15.7 Å². The minimum atomic E-state index is -0.990. The second kappa shape index (κ2) is 6.62. The number of thioether (sulfide) groups is 1. The highest BCUT2D eigenvalue weighted by Crippen LogP contribution is 2.16. The molecule has 0 aromatic carbocycles. The van der Waals surface area contributed by atoms with Crippen molar-refractivity contribution in [1.82, 2.24) is 10.6 Å². The predicted octanol–water partition coefficient (Wildman–Crippen LogP) is 1.04. The number of carbonyl (C=O) groups excluding carboxylic acids is 1. The van der Waals surface area contributed by atoms with Crippen LogP contribution in [0.15, 0.2) is 0 Å². The number of amides is 2. The molecule has 1 rings (SSSR count). The molecule has 0 aromatic rings. The van der Waals surface area contributed by atoms with Crippen molar-refractivity contribution >= 4 is 23.8 Å². The van der Waals surface area contributed by atoms with Crippen LogP contribution in [0.4, 0.5) is 4.79 Å². The largest absolute Gasteiger partial charge is 0.480 e. The number of aliphatic carboxylic acids is 1. The van der Waals surface area contributed by atoms with Crippen LogP contribution in [0.2, 0.25) is 0 Å². The maximum absolute atomic E-state index is 11.5. The Morgan fingerprint density at radius 2 is 2.31 bits per heavy atom. The fraction of sp³-hybridized carbons (Fsp3) is 0.800. The highest BCUT2D eigenvalue weighted by Gasteiger charge is 2.20. The molecule has 3 N–H and O–H groups in total. The number of carboxylic acids is 1. The van der Waals surface area contributed by atoms with Gasteiger partial charge in [-0.05, 0) is 25.0 Å². The van der Waals surface area contributed by atoms with Crippen molar-refractivity contribution < 1.29 is 14.7 Å². The molecule has 0 aromatic heterocycles. The van der Waals surface area contributed by atoms with Gasteiger partial charge >= 0.3 is 12.0 Å². The molecule has 1 aliphatic heterocycles. The Balaban J connectivity index is 2.31. The number of hydrogen-bond donors (Lipinski definition) is 3. The third kappa shape index (κ3) is 4.30. The summed E-state index contributed by atoms with van der Waals surface area (Å²) in [5.74, 6) is 1.07. The first-order valence-corrected chi connectivity index (χ1v) is 6.66. The topological polar surface area (TPSA) is 78.4 Å². The van der Waals surface area contributed by atoms with E-state index in [1.165, 1.54) is 0 Å². The van der Waals surface area contributed by atoms with E-state index in [1.807, 2.05) is 11.8 Å². The SMILES string of the molecule is CC[C@H](NC(=O)NC1CCCSC1)C(=O)O. The molecule has 1 saturated heterocycles. The fourth-order valence-electron chi connectivity index (χ4n) is 1.58. The van der Waals surface area contributed by atoms with Crippen LogP contribution in [0.3, 0.4) is 0 Å². The van der Waals surface area contributed by atoms with Crippen LogP contribution in [0.25, 0.3) is 0 Å². The third-order valence-corrected chi connectivity index (χ3v) is 3.72. The lowest BCUT2D eigenvalue weighted by atomic mass is 10.2. The molecule has 1 heterocycles. The van der Waals surface area contributed by atoms with Crippen molar-refractivity contribution in [3.63, 3.8) is 0 Å². The van der Waals surface area contributed by atoms with E-state index in [9.17, 15) is 9.59 Å². The first-order chi connectivity index (χ1) is 7.63. The minimum Gasteiger partial charge on any atom is -0.480 e. The van der Waals surface area contributed by atoms with Gasteiger partial charge in [-0.3, -0.25) is 0 Å². The molecule has 0 bridgehead atoms. The monoisotopic (exact) mass is 246 g/mol. The number of hydrogen-bond acceptors (Lipinski definition) is 3. The zero-order valence-electron chi connectivity index (χ0n) is 9.36. The van der Waals surface area contributed by atoms with Crippen LogP contribution in [-0.4, -0.2) is 40.7 Å². The van der Waals surface area contributed by atoms with E-state index in [4.69, 9.17) is 5.11 Å². The second-order valence-electron chi connectivity index (χ2n) is 3.83. The van der Waals surface area contributed by atoms with Gasteiger partial charge in [0.05, 0.1) is 0 Å². The van der Waals surface area contributed by atoms with Gasteiger partial charge in [0, 0.05) is 11.8 Å². The molecule has 1 unspecified atom stereocenters. The molecule has 0 radical (unpaired) electrons. The lowest BCUT2D eigenvalue weighted by molar-refractivity contribution is -0.139. The van der Waals surface area contributed by atoms with Gasteiger partial charge in [0.25, 0.3) is 0 Å². The van der Waals surface area contributed by atoms with E-state index < -0.39 is 12.0 Å². The van der Waals surface area contributed by atoms with Crippen molar-refractivity contribution in [2.45, 2.75) is 38.3 Å². The van der Waals surface area contributed by atoms with E-state index in [1.54, 1.807) is 6.92 Å². The highest BCUT2D eigenvalue weighted by molar-refractivity contribution is 7.99. The minimum absolute atomic E-state index is 0.171. The Labute approximate surface area is 99.4 Å². The number of carbonyl (C=O) groups is 2. The Hall–Kier alpha value is -0.910. The molecule has 16 heavy (non-hydrogen) atoms. The standard InChI is InChI=1S/C10H18N2O3S/c1-2-8(9(13)14)12-10(15)11-7-4-3-5-16-6-7/h7-8H,2-6H2,1H3,(H,13,14)(H2,11,12,15)/t7?,8-/m0/s1. The molecule has 0 spiro atoms. The number of carboxylic acid groups (broad SMARTS) is 1. The van der Waals surface area contributed by atoms with Gasteiger partial charge in [-0.25, -0.2) is 9.59 Å². The first kappa shape index (κ1) is 13.2. The zero-order valence-corrected chi connectivity index (χ0v) is 10.2. The number of urea groups is 1. The van der Waals surface area contributed by atoms with Crippen molar-refractivity contribution in [2.24, 2.45) is 0 Å².